The van der Waals surface area contributed by atoms with E-state index in [1.807, 2.05) is 0 Å². The van der Waals surface area contributed by atoms with Crippen LogP contribution in [0.5, 0.6) is 0 Å². The number of anilines is 1. The smallest absolute Gasteiger partial charge is 0.261 e. The lowest BCUT2D eigenvalue weighted by Crippen LogP contribution is -2.25. The Morgan fingerprint density at radius 1 is 1.19 bits per heavy atom. The number of halogens is 2. The van der Waals surface area contributed by atoms with Gasteiger partial charge >= 0.3 is 0 Å². The molecule has 0 heterocycles. The average Bonchev–Trinajstić information content (AvgIpc) is 2.60. The predicted molar refractivity (Wildman–Crippen MR) is 97.5 cm³/mol. The first-order valence-electron chi connectivity index (χ1n) is 7.68. The third kappa shape index (κ3) is 5.42. The lowest BCUT2D eigenvalue weighted by atomic mass is 10.2. The number of ether oxygens (including phenoxy) is 1. The van der Waals surface area contributed by atoms with E-state index < -0.39 is 15.8 Å². The first-order valence-corrected chi connectivity index (χ1v) is 9.54. The van der Waals surface area contributed by atoms with Crippen molar-refractivity contribution in [2.24, 2.45) is 0 Å². The highest BCUT2D eigenvalue weighted by Gasteiger charge is 2.17. The molecule has 0 aromatic heterocycles. The summed E-state index contributed by atoms with van der Waals surface area (Å²) in [7, 11) is -2.40. The molecule has 2 N–H and O–H groups in total. The molecule has 140 valence electrons. The fraction of sp³-hybridized carbons (Fsp3) is 0.235. The average molecular weight is 401 g/mol. The van der Waals surface area contributed by atoms with Crippen LogP contribution >= 0.6 is 11.6 Å². The molecule has 0 atom stereocenters. The van der Waals surface area contributed by atoms with Crippen LogP contribution in [0.2, 0.25) is 5.02 Å². The Labute approximate surface area is 156 Å². The molecule has 0 saturated carbocycles. The van der Waals surface area contributed by atoms with E-state index in [1.54, 1.807) is 7.11 Å². The number of carbonyl (C=O) groups is 1. The topological polar surface area (TPSA) is 84.5 Å². The highest BCUT2D eigenvalue weighted by Crippen LogP contribution is 2.26. The van der Waals surface area contributed by atoms with E-state index in [4.69, 9.17) is 16.3 Å². The summed E-state index contributed by atoms with van der Waals surface area (Å²) in [5, 5.41) is 2.83. The van der Waals surface area contributed by atoms with Crippen LogP contribution in [0.15, 0.2) is 47.4 Å². The van der Waals surface area contributed by atoms with Crippen molar-refractivity contribution in [2.75, 3.05) is 25.0 Å². The fourth-order valence-electron chi connectivity index (χ4n) is 2.08. The van der Waals surface area contributed by atoms with Gasteiger partial charge in [-0.1, -0.05) is 11.6 Å². The number of hydrogen-bond donors (Lipinski definition) is 2. The van der Waals surface area contributed by atoms with Gasteiger partial charge in [0.05, 0.1) is 15.6 Å². The third-order valence-corrected chi connectivity index (χ3v) is 5.12. The number of hydrogen-bond acceptors (Lipinski definition) is 4. The summed E-state index contributed by atoms with van der Waals surface area (Å²) in [6.07, 6.45) is 0.653. The van der Waals surface area contributed by atoms with Crippen molar-refractivity contribution < 1.29 is 22.3 Å². The van der Waals surface area contributed by atoms with E-state index in [-0.39, 0.29) is 27.1 Å². The molecule has 2 rings (SSSR count). The largest absolute Gasteiger partial charge is 0.385 e. The summed E-state index contributed by atoms with van der Waals surface area (Å²) in [5.41, 5.74) is 0.309. The minimum atomic E-state index is -3.97. The van der Waals surface area contributed by atoms with Crippen LogP contribution in [0.3, 0.4) is 0 Å². The molecule has 2 aromatic rings. The second-order valence-corrected chi connectivity index (χ2v) is 7.45. The quantitative estimate of drug-likeness (QED) is 0.667. The summed E-state index contributed by atoms with van der Waals surface area (Å²) < 4.78 is 44.9. The van der Waals surface area contributed by atoms with Crippen molar-refractivity contribution in [3.05, 3.63) is 58.9 Å². The van der Waals surface area contributed by atoms with Gasteiger partial charge in [-0.2, -0.15) is 0 Å². The Morgan fingerprint density at radius 3 is 2.54 bits per heavy atom. The van der Waals surface area contributed by atoms with Gasteiger partial charge in [0.2, 0.25) is 0 Å². The molecule has 0 unspecified atom stereocenters. The Kier molecular flexibility index (Phi) is 6.96. The van der Waals surface area contributed by atoms with E-state index in [9.17, 15) is 17.6 Å². The minimum absolute atomic E-state index is 0.0560. The lowest BCUT2D eigenvalue weighted by Gasteiger charge is -2.12. The van der Waals surface area contributed by atoms with Crippen LogP contribution in [0, 0.1) is 5.82 Å². The number of amides is 1. The normalized spacial score (nSPS) is 11.2. The monoisotopic (exact) mass is 400 g/mol. The molecule has 0 aliphatic carbocycles. The van der Waals surface area contributed by atoms with Gasteiger partial charge in [0.15, 0.2) is 0 Å². The summed E-state index contributed by atoms with van der Waals surface area (Å²) in [5.74, 6) is -0.908. The van der Waals surface area contributed by atoms with Gasteiger partial charge in [0.1, 0.15) is 5.82 Å². The molecular weight excluding hydrogens is 383 g/mol. The standard InChI is InChI=1S/C17H18ClFN2O4S/c1-25-10-2-9-20-17(22)12-3-8-15(18)16(11-12)21-26(23,24)14-6-4-13(19)5-7-14/h3-8,11,21H,2,9-10H2,1H3,(H,20,22). The summed E-state index contributed by atoms with van der Waals surface area (Å²) >= 11 is 6.03. The van der Waals surface area contributed by atoms with Gasteiger partial charge < -0.3 is 10.1 Å². The molecular formula is C17H18ClFN2O4S. The van der Waals surface area contributed by atoms with Gasteiger partial charge in [-0.3, -0.25) is 9.52 Å². The van der Waals surface area contributed by atoms with Crippen molar-refractivity contribution in [1.29, 1.82) is 0 Å². The van der Waals surface area contributed by atoms with E-state index in [2.05, 4.69) is 10.0 Å². The number of benzene rings is 2. The molecule has 0 spiro atoms. The molecule has 26 heavy (non-hydrogen) atoms. The van der Waals surface area contributed by atoms with Gasteiger partial charge in [-0.05, 0) is 48.9 Å². The van der Waals surface area contributed by atoms with Crippen molar-refractivity contribution >= 4 is 33.2 Å². The summed E-state index contributed by atoms with van der Waals surface area (Å²) in [4.78, 5) is 12.0. The number of methoxy groups -OCH3 is 1. The van der Waals surface area contributed by atoms with Crippen molar-refractivity contribution in [2.45, 2.75) is 11.3 Å². The molecule has 0 bridgehead atoms. The second kappa shape index (κ2) is 8.98. The maximum atomic E-state index is 13.0. The van der Waals surface area contributed by atoms with Crippen molar-refractivity contribution in [3.8, 4) is 0 Å². The Balaban J connectivity index is 2.16. The molecule has 0 aliphatic rings. The highest BCUT2D eigenvalue weighted by molar-refractivity contribution is 7.92. The van der Waals surface area contributed by atoms with Crippen LogP contribution in [0.25, 0.3) is 0 Å². The first-order chi connectivity index (χ1) is 12.3. The number of carbonyl (C=O) groups excluding carboxylic acids is 1. The molecule has 0 saturated heterocycles. The third-order valence-electron chi connectivity index (χ3n) is 3.41. The number of sulfonamides is 1. The second-order valence-electron chi connectivity index (χ2n) is 5.36. The maximum Gasteiger partial charge on any atom is 0.261 e. The van der Waals surface area contributed by atoms with Gasteiger partial charge in [0.25, 0.3) is 15.9 Å². The molecule has 0 aliphatic heterocycles. The zero-order valence-electron chi connectivity index (χ0n) is 14.0. The Morgan fingerprint density at radius 2 is 1.88 bits per heavy atom. The Hall–Kier alpha value is -2.16. The van der Waals surface area contributed by atoms with E-state index in [0.29, 0.717) is 19.6 Å². The zero-order chi connectivity index (χ0) is 19.2. The minimum Gasteiger partial charge on any atom is -0.385 e. The highest BCUT2D eigenvalue weighted by atomic mass is 35.5. The van der Waals surface area contributed by atoms with Gasteiger partial charge in [-0.25, -0.2) is 12.8 Å². The van der Waals surface area contributed by atoms with Crippen LogP contribution in [0.1, 0.15) is 16.8 Å². The van der Waals surface area contributed by atoms with Crippen LogP contribution in [-0.2, 0) is 14.8 Å². The van der Waals surface area contributed by atoms with Crippen LogP contribution in [0.4, 0.5) is 10.1 Å². The zero-order valence-corrected chi connectivity index (χ0v) is 15.5. The van der Waals surface area contributed by atoms with Crippen LogP contribution in [-0.4, -0.2) is 34.6 Å². The van der Waals surface area contributed by atoms with E-state index >= 15 is 0 Å². The fourth-order valence-corrected chi connectivity index (χ4v) is 3.37. The summed E-state index contributed by atoms with van der Waals surface area (Å²) in [6, 6.07) is 8.61. The SMILES string of the molecule is COCCCNC(=O)c1ccc(Cl)c(NS(=O)(=O)c2ccc(F)cc2)c1. The molecule has 0 radical (unpaired) electrons. The molecule has 2 aromatic carbocycles. The molecule has 9 heteroatoms. The lowest BCUT2D eigenvalue weighted by molar-refractivity contribution is 0.0948. The number of nitrogens with one attached hydrogen (secondary N) is 2. The van der Waals surface area contributed by atoms with Gasteiger partial charge in [0, 0.05) is 25.8 Å². The number of rotatable bonds is 8. The Bertz CT molecular complexity index is 873. The van der Waals surface area contributed by atoms with E-state index in [1.165, 1.54) is 18.2 Å². The maximum absolute atomic E-state index is 13.0. The molecule has 0 fully saturated rings. The van der Waals surface area contributed by atoms with Crippen molar-refractivity contribution in [1.82, 2.24) is 5.32 Å². The van der Waals surface area contributed by atoms with Crippen molar-refractivity contribution in [3.63, 3.8) is 0 Å². The summed E-state index contributed by atoms with van der Waals surface area (Å²) in [6.45, 7) is 0.940. The predicted octanol–water partition coefficient (Wildman–Crippen LogP) is 3.05. The molecule has 1 amide bonds. The van der Waals surface area contributed by atoms with E-state index in [0.717, 1.165) is 24.3 Å². The van der Waals surface area contributed by atoms with Crippen LogP contribution < -0.4 is 10.0 Å². The molecule has 6 nitrogen and oxygen atoms in total. The first kappa shape index (κ1) is 20.2. The van der Waals surface area contributed by atoms with Gasteiger partial charge in [-0.15, -0.1) is 0 Å².